The van der Waals surface area contributed by atoms with Crippen molar-refractivity contribution in [3.63, 3.8) is 0 Å². The fourth-order valence-corrected chi connectivity index (χ4v) is 7.07. The summed E-state index contributed by atoms with van der Waals surface area (Å²) in [5.74, 6) is 4.17. The molecule has 0 radical (unpaired) electrons. The molecule has 0 heterocycles. The number of benzene rings is 1. The van der Waals surface area contributed by atoms with E-state index in [2.05, 4.69) is 46.8 Å². The van der Waals surface area contributed by atoms with Gasteiger partial charge in [-0.05, 0) is 102 Å². The van der Waals surface area contributed by atoms with E-state index in [1.54, 1.807) is 16.7 Å². The first-order chi connectivity index (χ1) is 13.3. The van der Waals surface area contributed by atoms with Crippen molar-refractivity contribution < 1.29 is 5.11 Å². The molecule has 0 aliphatic heterocycles. The molecule has 3 aliphatic carbocycles. The van der Waals surface area contributed by atoms with Gasteiger partial charge in [0, 0.05) is 0 Å². The molecule has 3 aliphatic rings. The Morgan fingerprint density at radius 3 is 2.54 bits per heavy atom. The van der Waals surface area contributed by atoms with Crippen molar-refractivity contribution in [1.82, 2.24) is 0 Å². The molecule has 0 bridgehead atoms. The number of fused-ring (bicyclic) bond motifs is 5. The zero-order valence-corrected chi connectivity index (χ0v) is 18.9. The normalized spacial score (nSPS) is 33.9. The first-order valence-corrected chi connectivity index (χ1v) is 12.1. The van der Waals surface area contributed by atoms with E-state index in [0.717, 1.165) is 48.9 Å². The highest BCUT2D eigenvalue weighted by Gasteiger charge is 2.51. The summed E-state index contributed by atoms with van der Waals surface area (Å²) in [5.41, 5.74) is 6.93. The zero-order chi connectivity index (χ0) is 20.1. The summed E-state index contributed by atoms with van der Waals surface area (Å²) in [5, 5.41) is 10.1. The molecule has 0 saturated heterocycles. The van der Waals surface area contributed by atoms with Gasteiger partial charge in [0.2, 0.25) is 0 Å². The number of hydrogen-bond acceptors (Lipinski definition) is 1. The van der Waals surface area contributed by atoms with Crippen LogP contribution in [0, 0.1) is 29.1 Å². The molecule has 1 aromatic carbocycles. The van der Waals surface area contributed by atoms with E-state index in [-0.39, 0.29) is 6.10 Å². The van der Waals surface area contributed by atoms with Crippen molar-refractivity contribution in [2.75, 3.05) is 0 Å². The van der Waals surface area contributed by atoms with Crippen LogP contribution in [0.5, 0.6) is 0 Å². The minimum absolute atomic E-state index is 0.121. The topological polar surface area (TPSA) is 20.2 Å². The largest absolute Gasteiger partial charge is 0.393 e. The number of rotatable bonds is 5. The van der Waals surface area contributed by atoms with E-state index in [1.807, 2.05) is 0 Å². The lowest BCUT2D eigenvalue weighted by molar-refractivity contribution is 0.115. The number of hydrogen-bond donors (Lipinski definition) is 1. The monoisotopic (exact) mass is 382 g/mol. The summed E-state index contributed by atoms with van der Waals surface area (Å²) in [7, 11) is 0. The van der Waals surface area contributed by atoms with E-state index in [9.17, 15) is 5.11 Å². The fourth-order valence-electron chi connectivity index (χ4n) is 7.07. The molecule has 1 heteroatoms. The Hall–Kier alpha value is -0.820. The van der Waals surface area contributed by atoms with Crippen molar-refractivity contribution in [3.05, 3.63) is 34.4 Å². The minimum atomic E-state index is -0.121. The molecule has 28 heavy (non-hydrogen) atoms. The van der Waals surface area contributed by atoms with Gasteiger partial charge < -0.3 is 5.11 Å². The van der Waals surface area contributed by atoms with E-state index in [0.29, 0.717) is 5.41 Å². The molecule has 1 fully saturated rings. The average Bonchev–Trinajstić information content (AvgIpc) is 3.02. The van der Waals surface area contributed by atoms with Gasteiger partial charge in [0.1, 0.15) is 0 Å². The summed E-state index contributed by atoms with van der Waals surface area (Å²) in [6.45, 7) is 12.4. The van der Waals surface area contributed by atoms with E-state index in [1.165, 1.54) is 44.1 Å². The molecule has 1 N–H and O–H groups in total. The standard InChI is InChI=1S/C27H42O/c1-17(2)18(3)6-7-19(4)25-12-13-26-24-10-8-20-16-21(28)9-11-22(20)23(24)14-15-27(25,26)5/h8,10,17-19,21,25-26,28H,6-7,9,11-16H2,1-5H3. The molecule has 1 aromatic rings. The van der Waals surface area contributed by atoms with Gasteiger partial charge in [-0.15, -0.1) is 0 Å². The Morgan fingerprint density at radius 2 is 1.79 bits per heavy atom. The van der Waals surface area contributed by atoms with Crippen molar-refractivity contribution >= 4 is 0 Å². The molecule has 1 saturated carbocycles. The Bertz CT molecular complexity index is 704. The van der Waals surface area contributed by atoms with Gasteiger partial charge in [-0.3, -0.25) is 0 Å². The van der Waals surface area contributed by atoms with Gasteiger partial charge in [0.15, 0.2) is 0 Å². The van der Waals surface area contributed by atoms with Crippen molar-refractivity contribution in [3.8, 4) is 0 Å². The predicted molar refractivity (Wildman–Crippen MR) is 119 cm³/mol. The minimum Gasteiger partial charge on any atom is -0.393 e. The van der Waals surface area contributed by atoms with Crippen molar-refractivity contribution in [1.29, 1.82) is 0 Å². The quantitative estimate of drug-likeness (QED) is 0.601. The fraction of sp³-hybridized carbons (Fsp3) is 0.778. The van der Waals surface area contributed by atoms with Gasteiger partial charge >= 0.3 is 0 Å². The smallest absolute Gasteiger partial charge is 0.0583 e. The first-order valence-electron chi connectivity index (χ1n) is 12.1. The van der Waals surface area contributed by atoms with Gasteiger partial charge in [0.25, 0.3) is 0 Å². The lowest BCUT2D eigenvalue weighted by Gasteiger charge is -2.45. The number of aliphatic hydroxyl groups is 1. The van der Waals surface area contributed by atoms with E-state index in [4.69, 9.17) is 0 Å². The van der Waals surface area contributed by atoms with Gasteiger partial charge in [-0.2, -0.15) is 0 Å². The molecule has 0 amide bonds. The lowest BCUT2D eigenvalue weighted by Crippen LogP contribution is -2.36. The third-order valence-corrected chi connectivity index (χ3v) is 9.35. The molecule has 4 rings (SSSR count). The Kier molecular flexibility index (Phi) is 5.69. The highest BCUT2D eigenvalue weighted by atomic mass is 16.3. The summed E-state index contributed by atoms with van der Waals surface area (Å²) in [6.07, 6.45) is 11.1. The van der Waals surface area contributed by atoms with Gasteiger partial charge in [-0.25, -0.2) is 0 Å². The van der Waals surface area contributed by atoms with Crippen LogP contribution in [0.1, 0.15) is 101 Å². The van der Waals surface area contributed by atoms with Crippen LogP contribution in [0.25, 0.3) is 0 Å². The number of aliphatic hydroxyl groups excluding tert-OH is 1. The van der Waals surface area contributed by atoms with Crippen LogP contribution in [-0.2, 0) is 19.3 Å². The molecule has 6 unspecified atom stereocenters. The van der Waals surface area contributed by atoms with Crippen LogP contribution in [0.3, 0.4) is 0 Å². The lowest BCUT2D eigenvalue weighted by atomic mass is 9.59. The molecular weight excluding hydrogens is 340 g/mol. The second kappa shape index (κ2) is 7.78. The maximum atomic E-state index is 10.1. The first kappa shape index (κ1) is 20.5. The highest BCUT2D eigenvalue weighted by molar-refractivity contribution is 5.47. The predicted octanol–water partition coefficient (Wildman–Crippen LogP) is 6.69. The highest BCUT2D eigenvalue weighted by Crippen LogP contribution is 2.61. The Balaban J connectivity index is 1.54. The molecule has 0 spiro atoms. The van der Waals surface area contributed by atoms with E-state index < -0.39 is 0 Å². The summed E-state index contributed by atoms with van der Waals surface area (Å²) in [4.78, 5) is 0. The van der Waals surface area contributed by atoms with Gasteiger partial charge in [0.05, 0.1) is 6.10 Å². The second-order valence-electron chi connectivity index (χ2n) is 11.2. The third kappa shape index (κ3) is 3.47. The molecule has 156 valence electrons. The van der Waals surface area contributed by atoms with Crippen LogP contribution in [0.4, 0.5) is 0 Å². The average molecular weight is 383 g/mol. The molecule has 1 nitrogen and oxygen atoms in total. The van der Waals surface area contributed by atoms with Crippen LogP contribution in [0.15, 0.2) is 12.1 Å². The van der Waals surface area contributed by atoms with E-state index >= 15 is 0 Å². The molecular formula is C27H42O. The second-order valence-corrected chi connectivity index (χ2v) is 11.2. The summed E-state index contributed by atoms with van der Waals surface area (Å²) >= 11 is 0. The molecule has 0 aromatic heterocycles. The Morgan fingerprint density at radius 1 is 1.00 bits per heavy atom. The van der Waals surface area contributed by atoms with Gasteiger partial charge in [-0.1, -0.05) is 59.6 Å². The Labute approximate surface area is 173 Å². The summed E-state index contributed by atoms with van der Waals surface area (Å²) < 4.78 is 0. The van der Waals surface area contributed by atoms with Crippen molar-refractivity contribution in [2.24, 2.45) is 29.1 Å². The maximum absolute atomic E-state index is 10.1. The van der Waals surface area contributed by atoms with Crippen LogP contribution in [-0.4, -0.2) is 11.2 Å². The third-order valence-electron chi connectivity index (χ3n) is 9.35. The van der Waals surface area contributed by atoms with Crippen LogP contribution >= 0.6 is 0 Å². The SMILES string of the molecule is CC(C)C(C)CCC(C)C1CCC2c3ccc4c(c3CCC21C)CCC(O)C4. The van der Waals surface area contributed by atoms with Crippen LogP contribution in [0.2, 0.25) is 0 Å². The van der Waals surface area contributed by atoms with Crippen LogP contribution < -0.4 is 0 Å². The maximum Gasteiger partial charge on any atom is 0.0583 e. The molecule has 6 atom stereocenters. The zero-order valence-electron chi connectivity index (χ0n) is 18.9. The van der Waals surface area contributed by atoms with Crippen molar-refractivity contribution in [2.45, 2.75) is 104 Å². The summed E-state index contributed by atoms with van der Waals surface area (Å²) in [6, 6.07) is 4.82.